The first-order valence-corrected chi connectivity index (χ1v) is 5.68. The summed E-state index contributed by atoms with van der Waals surface area (Å²) in [6.45, 7) is 3.82. The number of aromatic nitrogens is 2. The number of rotatable bonds is 4. The fraction of sp³-hybridized carbons (Fsp3) is 0.250. The van der Waals surface area contributed by atoms with Gasteiger partial charge >= 0.3 is 0 Å². The third-order valence-electron chi connectivity index (χ3n) is 2.27. The number of benzene rings is 1. The maximum Gasteiger partial charge on any atom is 0.0766 e. The van der Waals surface area contributed by atoms with Crippen LogP contribution in [0.5, 0.6) is 0 Å². The summed E-state index contributed by atoms with van der Waals surface area (Å²) in [4.78, 5) is 0. The fourth-order valence-electron chi connectivity index (χ4n) is 1.47. The van der Waals surface area contributed by atoms with Crippen LogP contribution in [-0.4, -0.2) is 16.3 Å². The highest BCUT2D eigenvalue weighted by Crippen LogP contribution is 2.14. The topological polar surface area (TPSA) is 29.9 Å². The van der Waals surface area contributed by atoms with E-state index in [9.17, 15) is 0 Å². The molecule has 2 rings (SSSR count). The van der Waals surface area contributed by atoms with Gasteiger partial charge in [0.15, 0.2) is 0 Å². The average molecular weight is 236 g/mol. The molecule has 84 valence electrons. The van der Waals surface area contributed by atoms with Gasteiger partial charge in [-0.25, -0.2) is 4.68 Å². The zero-order valence-electron chi connectivity index (χ0n) is 9.15. The van der Waals surface area contributed by atoms with Crippen molar-refractivity contribution in [3.8, 4) is 5.69 Å². The standard InChI is InChI=1S/C12H14ClN3/c1-2-14-9-11-6-7-16(15-11)12-5-3-4-10(13)8-12/h3-8,14H,2,9H2,1H3. The number of hydrogen-bond acceptors (Lipinski definition) is 2. The van der Waals surface area contributed by atoms with E-state index in [4.69, 9.17) is 11.6 Å². The fourth-order valence-corrected chi connectivity index (χ4v) is 1.66. The molecule has 3 nitrogen and oxygen atoms in total. The predicted molar refractivity (Wildman–Crippen MR) is 66.0 cm³/mol. The van der Waals surface area contributed by atoms with Gasteiger partial charge in [0.05, 0.1) is 11.4 Å². The van der Waals surface area contributed by atoms with Crippen molar-refractivity contribution in [3.63, 3.8) is 0 Å². The van der Waals surface area contributed by atoms with Gasteiger partial charge in [0.2, 0.25) is 0 Å². The number of nitrogens with zero attached hydrogens (tertiary/aromatic N) is 2. The Morgan fingerprint density at radius 2 is 2.25 bits per heavy atom. The maximum absolute atomic E-state index is 5.93. The highest BCUT2D eigenvalue weighted by Gasteiger charge is 2.00. The lowest BCUT2D eigenvalue weighted by atomic mass is 10.3. The SMILES string of the molecule is CCNCc1ccn(-c2cccc(Cl)c2)n1. The van der Waals surface area contributed by atoms with Gasteiger partial charge in [0.25, 0.3) is 0 Å². The summed E-state index contributed by atoms with van der Waals surface area (Å²) >= 11 is 5.93. The summed E-state index contributed by atoms with van der Waals surface area (Å²) in [5.74, 6) is 0. The molecule has 0 atom stereocenters. The molecule has 0 aliphatic carbocycles. The molecule has 1 N–H and O–H groups in total. The molecule has 16 heavy (non-hydrogen) atoms. The Morgan fingerprint density at radius 1 is 1.38 bits per heavy atom. The molecule has 0 fully saturated rings. The van der Waals surface area contributed by atoms with Crippen LogP contribution in [0, 0.1) is 0 Å². The number of hydrogen-bond donors (Lipinski definition) is 1. The minimum absolute atomic E-state index is 0.723. The molecule has 0 unspecified atom stereocenters. The Kier molecular flexibility index (Phi) is 3.59. The Morgan fingerprint density at radius 3 is 3.00 bits per heavy atom. The van der Waals surface area contributed by atoms with E-state index in [1.807, 2.05) is 41.2 Å². The van der Waals surface area contributed by atoms with Gasteiger partial charge in [-0.3, -0.25) is 0 Å². The second-order valence-electron chi connectivity index (χ2n) is 3.51. The van der Waals surface area contributed by atoms with Gasteiger partial charge in [-0.15, -0.1) is 0 Å². The van der Waals surface area contributed by atoms with Crippen LogP contribution in [-0.2, 0) is 6.54 Å². The van der Waals surface area contributed by atoms with E-state index in [0.29, 0.717) is 0 Å². The minimum atomic E-state index is 0.723. The van der Waals surface area contributed by atoms with Crippen LogP contribution in [0.3, 0.4) is 0 Å². The Labute approximate surface area is 100 Å². The van der Waals surface area contributed by atoms with Crippen molar-refractivity contribution < 1.29 is 0 Å². The first kappa shape index (κ1) is 11.2. The van der Waals surface area contributed by atoms with Crippen molar-refractivity contribution in [2.24, 2.45) is 0 Å². The highest BCUT2D eigenvalue weighted by molar-refractivity contribution is 6.30. The quantitative estimate of drug-likeness (QED) is 0.883. The van der Waals surface area contributed by atoms with Crippen LogP contribution in [0.1, 0.15) is 12.6 Å². The van der Waals surface area contributed by atoms with Crippen molar-refractivity contribution in [1.82, 2.24) is 15.1 Å². The van der Waals surface area contributed by atoms with E-state index in [0.717, 1.165) is 29.5 Å². The molecule has 0 aliphatic rings. The van der Waals surface area contributed by atoms with Crippen LogP contribution in [0.15, 0.2) is 36.5 Å². The van der Waals surface area contributed by atoms with Crippen LogP contribution >= 0.6 is 11.6 Å². The lowest BCUT2D eigenvalue weighted by molar-refractivity contribution is 0.696. The van der Waals surface area contributed by atoms with E-state index in [-0.39, 0.29) is 0 Å². The Balaban J connectivity index is 2.18. The first-order valence-electron chi connectivity index (χ1n) is 5.31. The normalized spacial score (nSPS) is 10.6. The molecule has 0 bridgehead atoms. The molecule has 0 saturated heterocycles. The number of halogens is 1. The zero-order chi connectivity index (χ0) is 11.4. The van der Waals surface area contributed by atoms with Crippen molar-refractivity contribution in [2.75, 3.05) is 6.54 Å². The molecular formula is C12H14ClN3. The second kappa shape index (κ2) is 5.14. The largest absolute Gasteiger partial charge is 0.311 e. The summed E-state index contributed by atoms with van der Waals surface area (Å²) in [7, 11) is 0. The summed E-state index contributed by atoms with van der Waals surface area (Å²) in [5, 5.41) is 8.42. The van der Waals surface area contributed by atoms with Gasteiger partial charge in [0.1, 0.15) is 0 Å². The van der Waals surface area contributed by atoms with E-state index in [1.54, 1.807) is 0 Å². The first-order chi connectivity index (χ1) is 7.79. The summed E-state index contributed by atoms with van der Waals surface area (Å²) < 4.78 is 1.83. The summed E-state index contributed by atoms with van der Waals surface area (Å²) in [6, 6.07) is 9.66. The van der Waals surface area contributed by atoms with E-state index in [2.05, 4.69) is 17.3 Å². The summed E-state index contributed by atoms with van der Waals surface area (Å²) in [5.41, 5.74) is 2.01. The Bertz CT molecular complexity index is 465. The van der Waals surface area contributed by atoms with E-state index >= 15 is 0 Å². The molecule has 2 aromatic rings. The lowest BCUT2D eigenvalue weighted by Gasteiger charge is -2.01. The molecule has 1 heterocycles. The number of nitrogens with one attached hydrogen (secondary N) is 1. The lowest BCUT2D eigenvalue weighted by Crippen LogP contribution is -2.12. The molecular weight excluding hydrogens is 222 g/mol. The molecule has 0 radical (unpaired) electrons. The molecule has 0 aliphatic heterocycles. The molecule has 1 aromatic carbocycles. The highest BCUT2D eigenvalue weighted by atomic mass is 35.5. The second-order valence-corrected chi connectivity index (χ2v) is 3.95. The monoisotopic (exact) mass is 235 g/mol. The third-order valence-corrected chi connectivity index (χ3v) is 2.51. The molecule has 1 aromatic heterocycles. The van der Waals surface area contributed by atoms with Crippen LogP contribution < -0.4 is 5.32 Å². The van der Waals surface area contributed by atoms with Gasteiger partial charge in [-0.1, -0.05) is 24.6 Å². The summed E-state index contributed by atoms with van der Waals surface area (Å²) in [6.07, 6.45) is 1.94. The van der Waals surface area contributed by atoms with Crippen molar-refractivity contribution in [3.05, 3.63) is 47.2 Å². The smallest absolute Gasteiger partial charge is 0.0766 e. The van der Waals surface area contributed by atoms with Crippen LogP contribution in [0.4, 0.5) is 0 Å². The average Bonchev–Trinajstić information content (AvgIpc) is 2.75. The van der Waals surface area contributed by atoms with Gasteiger partial charge in [-0.05, 0) is 30.8 Å². The van der Waals surface area contributed by atoms with E-state index in [1.165, 1.54) is 0 Å². The van der Waals surface area contributed by atoms with Gasteiger partial charge in [0, 0.05) is 17.8 Å². The van der Waals surface area contributed by atoms with Gasteiger partial charge in [-0.2, -0.15) is 5.10 Å². The molecule has 0 amide bonds. The zero-order valence-corrected chi connectivity index (χ0v) is 9.91. The van der Waals surface area contributed by atoms with Crippen LogP contribution in [0.25, 0.3) is 5.69 Å². The molecule has 0 saturated carbocycles. The predicted octanol–water partition coefficient (Wildman–Crippen LogP) is 2.64. The van der Waals surface area contributed by atoms with Crippen molar-refractivity contribution in [2.45, 2.75) is 13.5 Å². The van der Waals surface area contributed by atoms with Crippen LogP contribution in [0.2, 0.25) is 5.02 Å². The van der Waals surface area contributed by atoms with E-state index < -0.39 is 0 Å². The van der Waals surface area contributed by atoms with Gasteiger partial charge < -0.3 is 5.32 Å². The third kappa shape index (κ3) is 2.62. The molecule has 0 spiro atoms. The minimum Gasteiger partial charge on any atom is -0.311 e. The van der Waals surface area contributed by atoms with Crippen molar-refractivity contribution >= 4 is 11.6 Å². The molecule has 4 heteroatoms. The maximum atomic E-state index is 5.93. The Hall–Kier alpha value is -1.32. The van der Waals surface area contributed by atoms with Crippen molar-refractivity contribution in [1.29, 1.82) is 0 Å².